The van der Waals surface area contributed by atoms with Crippen molar-refractivity contribution < 1.29 is 4.42 Å². The molecular formula is C20H19BrClN3O3. The van der Waals surface area contributed by atoms with Crippen molar-refractivity contribution in [2.24, 2.45) is 0 Å². The van der Waals surface area contributed by atoms with Crippen molar-refractivity contribution >= 4 is 38.5 Å². The second kappa shape index (κ2) is 7.46. The van der Waals surface area contributed by atoms with Crippen molar-refractivity contribution in [3.63, 3.8) is 0 Å². The molecule has 0 saturated heterocycles. The van der Waals surface area contributed by atoms with Crippen molar-refractivity contribution in [3.05, 3.63) is 71.1 Å². The molecule has 0 bridgehead atoms. The summed E-state index contributed by atoms with van der Waals surface area (Å²) in [5.74, 6) is 0.873. The fraction of sp³-hybridized carbons (Fsp3) is 0.350. The van der Waals surface area contributed by atoms with Gasteiger partial charge in [-0.15, -0.1) is 0 Å². The van der Waals surface area contributed by atoms with Crippen LogP contribution in [0, 0.1) is 0 Å². The number of aromatic amines is 1. The lowest BCUT2D eigenvalue weighted by atomic mass is 10.0. The van der Waals surface area contributed by atoms with Gasteiger partial charge in [0.25, 0.3) is 5.56 Å². The number of nitrogens with zero attached hydrogens (tertiary/aromatic N) is 2. The van der Waals surface area contributed by atoms with Crippen LogP contribution in [-0.2, 0) is 19.5 Å². The van der Waals surface area contributed by atoms with Gasteiger partial charge in [-0.1, -0.05) is 41.4 Å². The molecule has 0 saturated carbocycles. The average molecular weight is 465 g/mol. The van der Waals surface area contributed by atoms with Gasteiger partial charge >= 0.3 is 5.63 Å². The normalized spacial score (nSPS) is 14.6. The predicted octanol–water partition coefficient (Wildman–Crippen LogP) is 3.97. The van der Waals surface area contributed by atoms with Crippen LogP contribution in [0.3, 0.4) is 0 Å². The van der Waals surface area contributed by atoms with Gasteiger partial charge in [-0.05, 0) is 18.2 Å². The highest BCUT2D eigenvalue weighted by Gasteiger charge is 2.24. The first-order chi connectivity index (χ1) is 13.3. The Balaban J connectivity index is 1.67. The van der Waals surface area contributed by atoms with Crippen molar-refractivity contribution in [1.82, 2.24) is 14.9 Å². The van der Waals surface area contributed by atoms with E-state index in [0.29, 0.717) is 59.0 Å². The Kier molecular flexibility index (Phi) is 5.16. The highest BCUT2D eigenvalue weighted by Crippen LogP contribution is 2.29. The van der Waals surface area contributed by atoms with Crippen LogP contribution in [0.2, 0.25) is 5.02 Å². The first-order valence-electron chi connectivity index (χ1n) is 9.08. The SMILES string of the molecule is CC(C)c1nc2c(c(=O)[nH]1)CN(Cc1c(Cl)c3cc(Br)ccc3oc1=O)CC2. The molecule has 1 aliphatic rings. The quantitative estimate of drug-likeness (QED) is 0.593. The topological polar surface area (TPSA) is 79.2 Å². The minimum absolute atomic E-state index is 0.112. The lowest BCUT2D eigenvalue weighted by Crippen LogP contribution is -2.37. The van der Waals surface area contributed by atoms with Crippen molar-refractivity contribution in [3.8, 4) is 0 Å². The van der Waals surface area contributed by atoms with Crippen LogP contribution < -0.4 is 11.2 Å². The standard InChI is InChI=1S/C20H19BrClN3O3/c1-10(2)18-23-15-5-6-25(8-13(15)19(26)24-18)9-14-17(22)12-7-11(21)3-4-16(12)28-20(14)27/h3-4,7,10H,5-6,8-9H2,1-2H3,(H,23,24,26). The van der Waals surface area contributed by atoms with Crippen LogP contribution in [-0.4, -0.2) is 21.4 Å². The zero-order chi connectivity index (χ0) is 20.0. The van der Waals surface area contributed by atoms with Gasteiger partial charge in [-0.3, -0.25) is 9.69 Å². The largest absolute Gasteiger partial charge is 0.422 e. The van der Waals surface area contributed by atoms with Gasteiger partial charge in [0.2, 0.25) is 0 Å². The van der Waals surface area contributed by atoms with Crippen molar-refractivity contribution in [2.45, 2.75) is 39.3 Å². The number of fused-ring (bicyclic) bond motifs is 2. The Morgan fingerprint density at radius 3 is 2.89 bits per heavy atom. The molecule has 28 heavy (non-hydrogen) atoms. The number of hydrogen-bond donors (Lipinski definition) is 1. The number of benzene rings is 1. The fourth-order valence-electron chi connectivity index (χ4n) is 3.44. The van der Waals surface area contributed by atoms with Gasteiger partial charge in [0.15, 0.2) is 0 Å². The van der Waals surface area contributed by atoms with E-state index in [1.165, 1.54) is 0 Å². The molecule has 1 aromatic carbocycles. The third-order valence-corrected chi connectivity index (χ3v) is 5.91. The second-order valence-electron chi connectivity index (χ2n) is 7.31. The minimum Gasteiger partial charge on any atom is -0.422 e. The van der Waals surface area contributed by atoms with E-state index < -0.39 is 5.63 Å². The molecule has 1 N–H and O–H groups in total. The Morgan fingerprint density at radius 2 is 2.14 bits per heavy atom. The maximum atomic E-state index is 12.5. The lowest BCUT2D eigenvalue weighted by Gasteiger charge is -2.28. The van der Waals surface area contributed by atoms with E-state index >= 15 is 0 Å². The summed E-state index contributed by atoms with van der Waals surface area (Å²) in [6.07, 6.45) is 0.654. The van der Waals surface area contributed by atoms with Gasteiger partial charge in [0.05, 0.1) is 21.8 Å². The molecule has 3 heterocycles. The molecule has 4 rings (SSSR count). The number of halogens is 2. The van der Waals surface area contributed by atoms with Crippen molar-refractivity contribution in [1.29, 1.82) is 0 Å². The van der Waals surface area contributed by atoms with Crippen LogP contribution in [0.4, 0.5) is 0 Å². The first-order valence-corrected chi connectivity index (χ1v) is 10.3. The molecule has 0 atom stereocenters. The highest BCUT2D eigenvalue weighted by atomic mass is 79.9. The molecule has 2 aromatic heterocycles. The number of rotatable bonds is 3. The summed E-state index contributed by atoms with van der Waals surface area (Å²) in [7, 11) is 0. The molecule has 0 fully saturated rings. The van der Waals surface area contributed by atoms with E-state index in [2.05, 4.69) is 25.9 Å². The van der Waals surface area contributed by atoms with E-state index in [1.807, 2.05) is 24.8 Å². The van der Waals surface area contributed by atoms with Gasteiger partial charge in [-0.25, -0.2) is 9.78 Å². The first kappa shape index (κ1) is 19.4. The third kappa shape index (κ3) is 3.54. The summed E-state index contributed by atoms with van der Waals surface area (Å²) >= 11 is 9.95. The van der Waals surface area contributed by atoms with Crippen LogP contribution in [0.25, 0.3) is 11.0 Å². The molecule has 1 aliphatic heterocycles. The maximum Gasteiger partial charge on any atom is 0.342 e. The van der Waals surface area contributed by atoms with Crippen LogP contribution in [0.1, 0.15) is 42.4 Å². The summed E-state index contributed by atoms with van der Waals surface area (Å²) in [5, 5.41) is 1.07. The van der Waals surface area contributed by atoms with Gasteiger partial charge < -0.3 is 9.40 Å². The van der Waals surface area contributed by atoms with Crippen LogP contribution >= 0.6 is 27.5 Å². The molecule has 0 unspecified atom stereocenters. The van der Waals surface area contributed by atoms with Crippen LogP contribution in [0.15, 0.2) is 36.7 Å². The number of nitrogens with one attached hydrogen (secondary N) is 1. The number of hydrogen-bond acceptors (Lipinski definition) is 5. The minimum atomic E-state index is -0.451. The summed E-state index contributed by atoms with van der Waals surface area (Å²) in [6, 6.07) is 5.34. The highest BCUT2D eigenvalue weighted by molar-refractivity contribution is 9.10. The van der Waals surface area contributed by atoms with Crippen LogP contribution in [0.5, 0.6) is 0 Å². The van der Waals surface area contributed by atoms with E-state index in [1.54, 1.807) is 12.1 Å². The van der Waals surface area contributed by atoms with Gasteiger partial charge in [-0.2, -0.15) is 0 Å². The molecule has 0 amide bonds. The van der Waals surface area contributed by atoms with Crippen molar-refractivity contribution in [2.75, 3.05) is 6.54 Å². The Hall–Kier alpha value is -1.96. The number of H-pyrrole nitrogens is 1. The molecule has 0 aliphatic carbocycles. The smallest absolute Gasteiger partial charge is 0.342 e. The molecular weight excluding hydrogens is 446 g/mol. The maximum absolute atomic E-state index is 12.5. The number of aromatic nitrogens is 2. The Morgan fingerprint density at radius 1 is 1.36 bits per heavy atom. The van der Waals surface area contributed by atoms with Gasteiger partial charge in [0, 0.05) is 41.8 Å². The summed E-state index contributed by atoms with van der Waals surface area (Å²) < 4.78 is 6.29. The third-order valence-electron chi connectivity index (χ3n) is 4.99. The molecule has 0 spiro atoms. The van der Waals surface area contributed by atoms with Gasteiger partial charge in [0.1, 0.15) is 11.4 Å². The predicted molar refractivity (Wildman–Crippen MR) is 112 cm³/mol. The molecule has 8 heteroatoms. The van der Waals surface area contributed by atoms with E-state index in [-0.39, 0.29) is 11.5 Å². The zero-order valence-electron chi connectivity index (χ0n) is 15.5. The second-order valence-corrected chi connectivity index (χ2v) is 8.61. The fourth-order valence-corrected chi connectivity index (χ4v) is 4.09. The molecule has 146 valence electrons. The Labute approximate surface area is 174 Å². The zero-order valence-corrected chi connectivity index (χ0v) is 17.9. The monoisotopic (exact) mass is 463 g/mol. The summed E-state index contributed by atoms with van der Waals surface area (Å²) in [4.78, 5) is 34.5. The molecule has 0 radical (unpaired) electrons. The van der Waals surface area contributed by atoms with E-state index in [0.717, 1.165) is 10.2 Å². The molecule has 6 nitrogen and oxygen atoms in total. The molecule has 3 aromatic rings. The van der Waals surface area contributed by atoms with E-state index in [4.69, 9.17) is 16.0 Å². The summed E-state index contributed by atoms with van der Waals surface area (Å²) in [6.45, 7) is 5.42. The lowest BCUT2D eigenvalue weighted by molar-refractivity contribution is 0.238. The van der Waals surface area contributed by atoms with E-state index in [9.17, 15) is 9.59 Å². The Bertz CT molecular complexity index is 1190. The summed E-state index contributed by atoms with van der Waals surface area (Å²) in [5.41, 5.74) is 1.78. The average Bonchev–Trinajstić information content (AvgIpc) is 2.66.